The number of benzene rings is 1. The monoisotopic (exact) mass is 255 g/mol. The number of hydrogen-bond acceptors (Lipinski definition) is 4. The molecule has 0 amide bonds. The Balaban J connectivity index is 2.26. The van der Waals surface area contributed by atoms with Crippen molar-refractivity contribution in [2.75, 3.05) is 11.1 Å². The quantitative estimate of drug-likeness (QED) is 0.708. The Morgan fingerprint density at radius 1 is 1.24 bits per heavy atom. The van der Waals surface area contributed by atoms with E-state index in [4.69, 9.17) is 10.9 Å². The molecule has 0 unspecified atom stereocenters. The van der Waals surface area contributed by atoms with Crippen LogP contribution in [0.15, 0.2) is 23.1 Å². The summed E-state index contributed by atoms with van der Waals surface area (Å²) in [7, 11) is -3.67. The summed E-state index contributed by atoms with van der Waals surface area (Å²) in [5, 5.41) is 8.36. The third kappa shape index (κ3) is 2.89. The first kappa shape index (κ1) is 12.2. The molecule has 94 valence electrons. The van der Waals surface area contributed by atoms with E-state index in [0.717, 1.165) is 12.8 Å². The Bertz CT molecular complexity index is 507. The molecule has 0 atom stereocenters. The summed E-state index contributed by atoms with van der Waals surface area (Å²) in [6.07, 6.45) is 4.59. The number of nitrogens with two attached hydrogens (primary N) is 2. The van der Waals surface area contributed by atoms with Crippen LogP contribution in [0.25, 0.3) is 0 Å². The van der Waals surface area contributed by atoms with Gasteiger partial charge in [0.05, 0.1) is 16.3 Å². The van der Waals surface area contributed by atoms with E-state index in [9.17, 15) is 8.42 Å². The van der Waals surface area contributed by atoms with Crippen LogP contribution in [-0.4, -0.2) is 14.5 Å². The van der Waals surface area contributed by atoms with Crippen molar-refractivity contribution in [1.29, 1.82) is 0 Å². The van der Waals surface area contributed by atoms with Crippen LogP contribution in [0.4, 0.5) is 11.4 Å². The van der Waals surface area contributed by atoms with E-state index in [2.05, 4.69) is 5.32 Å². The minimum Gasteiger partial charge on any atom is -0.397 e. The SMILES string of the molecule is Nc1ccc(S(N)(=O)=O)cc1NC1CCCC1. The molecule has 1 fully saturated rings. The third-order valence-corrected chi connectivity index (χ3v) is 3.98. The lowest BCUT2D eigenvalue weighted by atomic mass is 10.2. The van der Waals surface area contributed by atoms with Gasteiger partial charge in [0, 0.05) is 6.04 Å². The van der Waals surface area contributed by atoms with Crippen LogP contribution in [0.3, 0.4) is 0 Å². The van der Waals surface area contributed by atoms with E-state index in [1.165, 1.54) is 25.0 Å². The summed E-state index contributed by atoms with van der Waals surface area (Å²) in [4.78, 5) is 0.0900. The molecule has 0 saturated heterocycles. The predicted molar refractivity (Wildman–Crippen MR) is 68.1 cm³/mol. The van der Waals surface area contributed by atoms with Crippen molar-refractivity contribution < 1.29 is 8.42 Å². The van der Waals surface area contributed by atoms with Crippen LogP contribution in [-0.2, 0) is 10.0 Å². The second-order valence-corrected chi connectivity index (χ2v) is 5.98. The average Bonchev–Trinajstić information content (AvgIpc) is 2.72. The third-order valence-electron chi connectivity index (χ3n) is 3.07. The first-order valence-corrected chi connectivity index (χ1v) is 7.20. The van der Waals surface area contributed by atoms with Crippen molar-refractivity contribution in [3.8, 4) is 0 Å². The molecule has 1 saturated carbocycles. The van der Waals surface area contributed by atoms with Gasteiger partial charge >= 0.3 is 0 Å². The Labute approximate surface area is 101 Å². The van der Waals surface area contributed by atoms with Crippen molar-refractivity contribution in [2.24, 2.45) is 5.14 Å². The summed E-state index contributed by atoms with van der Waals surface area (Å²) in [5.74, 6) is 0. The second kappa shape index (κ2) is 4.54. The van der Waals surface area contributed by atoms with E-state index in [0.29, 0.717) is 17.4 Å². The van der Waals surface area contributed by atoms with Crippen LogP contribution in [0, 0.1) is 0 Å². The van der Waals surface area contributed by atoms with Gasteiger partial charge in [-0.05, 0) is 31.0 Å². The molecule has 0 bridgehead atoms. The highest BCUT2D eigenvalue weighted by molar-refractivity contribution is 7.89. The van der Waals surface area contributed by atoms with Crippen molar-refractivity contribution in [2.45, 2.75) is 36.6 Å². The number of sulfonamides is 1. The zero-order chi connectivity index (χ0) is 12.5. The van der Waals surface area contributed by atoms with E-state index in [-0.39, 0.29) is 4.90 Å². The van der Waals surface area contributed by atoms with E-state index in [1.54, 1.807) is 6.07 Å². The smallest absolute Gasteiger partial charge is 0.238 e. The molecule has 17 heavy (non-hydrogen) atoms. The molecule has 0 aromatic heterocycles. The van der Waals surface area contributed by atoms with Gasteiger partial charge in [0.15, 0.2) is 0 Å². The van der Waals surface area contributed by atoms with Crippen LogP contribution in [0.5, 0.6) is 0 Å². The van der Waals surface area contributed by atoms with Crippen LogP contribution < -0.4 is 16.2 Å². The highest BCUT2D eigenvalue weighted by Crippen LogP contribution is 2.27. The average molecular weight is 255 g/mol. The first-order chi connectivity index (χ1) is 7.97. The molecule has 5 nitrogen and oxygen atoms in total. The van der Waals surface area contributed by atoms with Crippen molar-refractivity contribution >= 4 is 21.4 Å². The fourth-order valence-corrected chi connectivity index (χ4v) is 2.67. The summed E-state index contributed by atoms with van der Waals surface area (Å²) in [6.45, 7) is 0. The van der Waals surface area contributed by atoms with E-state index < -0.39 is 10.0 Å². The van der Waals surface area contributed by atoms with Crippen LogP contribution in [0.1, 0.15) is 25.7 Å². The number of anilines is 2. The molecule has 2 rings (SSSR count). The summed E-state index contributed by atoms with van der Waals surface area (Å²) < 4.78 is 22.5. The maximum absolute atomic E-state index is 11.2. The first-order valence-electron chi connectivity index (χ1n) is 5.66. The number of nitrogen functional groups attached to an aromatic ring is 1. The minimum absolute atomic E-state index is 0.0900. The Kier molecular flexibility index (Phi) is 3.26. The molecule has 6 heteroatoms. The van der Waals surface area contributed by atoms with Crippen molar-refractivity contribution in [3.05, 3.63) is 18.2 Å². The molecular weight excluding hydrogens is 238 g/mol. The molecule has 0 spiro atoms. The molecule has 0 aliphatic heterocycles. The van der Waals surface area contributed by atoms with Gasteiger partial charge in [0.2, 0.25) is 10.0 Å². The summed E-state index contributed by atoms with van der Waals surface area (Å²) in [6, 6.07) is 4.87. The maximum Gasteiger partial charge on any atom is 0.238 e. The molecule has 1 aliphatic carbocycles. The lowest BCUT2D eigenvalue weighted by Gasteiger charge is -2.16. The Hall–Kier alpha value is -1.27. The molecular formula is C11H17N3O2S. The predicted octanol–water partition coefficient (Wildman–Crippen LogP) is 1.27. The standard InChI is InChI=1S/C11H17N3O2S/c12-10-6-5-9(17(13,15)16)7-11(10)14-8-3-1-2-4-8/h5-8,14H,1-4,12H2,(H2,13,15,16). The van der Waals surface area contributed by atoms with Gasteiger partial charge in [-0.25, -0.2) is 13.6 Å². The number of nitrogens with one attached hydrogen (secondary N) is 1. The van der Waals surface area contributed by atoms with Gasteiger partial charge in [0.1, 0.15) is 0 Å². The maximum atomic E-state index is 11.2. The number of primary sulfonamides is 1. The lowest BCUT2D eigenvalue weighted by molar-refractivity contribution is 0.598. The molecule has 0 heterocycles. The lowest BCUT2D eigenvalue weighted by Crippen LogP contribution is -2.17. The fraction of sp³-hybridized carbons (Fsp3) is 0.455. The van der Waals surface area contributed by atoms with E-state index >= 15 is 0 Å². The van der Waals surface area contributed by atoms with Crippen molar-refractivity contribution in [3.63, 3.8) is 0 Å². The van der Waals surface area contributed by atoms with Gasteiger partial charge < -0.3 is 11.1 Å². The van der Waals surface area contributed by atoms with Crippen LogP contribution >= 0.6 is 0 Å². The van der Waals surface area contributed by atoms with Gasteiger partial charge in [-0.3, -0.25) is 0 Å². The second-order valence-electron chi connectivity index (χ2n) is 4.42. The Morgan fingerprint density at radius 3 is 2.47 bits per heavy atom. The normalized spacial score (nSPS) is 17.2. The van der Waals surface area contributed by atoms with Gasteiger partial charge in [-0.15, -0.1) is 0 Å². The summed E-state index contributed by atoms with van der Waals surface area (Å²) >= 11 is 0. The van der Waals surface area contributed by atoms with Gasteiger partial charge in [-0.1, -0.05) is 12.8 Å². The van der Waals surface area contributed by atoms with Gasteiger partial charge in [0.25, 0.3) is 0 Å². The summed E-state index contributed by atoms with van der Waals surface area (Å²) in [5.41, 5.74) is 7.01. The molecule has 1 aromatic rings. The molecule has 5 N–H and O–H groups in total. The molecule has 1 aliphatic rings. The number of hydrogen-bond donors (Lipinski definition) is 3. The van der Waals surface area contributed by atoms with Crippen LogP contribution in [0.2, 0.25) is 0 Å². The van der Waals surface area contributed by atoms with E-state index in [1.807, 2.05) is 0 Å². The largest absolute Gasteiger partial charge is 0.397 e. The minimum atomic E-state index is -3.67. The van der Waals surface area contributed by atoms with Crippen molar-refractivity contribution in [1.82, 2.24) is 0 Å². The fourth-order valence-electron chi connectivity index (χ4n) is 2.13. The van der Waals surface area contributed by atoms with Gasteiger partial charge in [-0.2, -0.15) is 0 Å². The number of rotatable bonds is 3. The molecule has 1 aromatic carbocycles. The highest BCUT2D eigenvalue weighted by atomic mass is 32.2. The molecule has 0 radical (unpaired) electrons. The Morgan fingerprint density at radius 2 is 1.88 bits per heavy atom. The zero-order valence-electron chi connectivity index (χ0n) is 9.52. The highest BCUT2D eigenvalue weighted by Gasteiger charge is 2.17. The topological polar surface area (TPSA) is 98.2 Å². The zero-order valence-corrected chi connectivity index (χ0v) is 10.3.